The predicted molar refractivity (Wildman–Crippen MR) is 142 cm³/mol. The molecule has 0 amide bonds. The van der Waals surface area contributed by atoms with E-state index in [2.05, 4.69) is 20.4 Å². The van der Waals surface area contributed by atoms with Gasteiger partial charge >= 0.3 is 0 Å². The molecular formula is C27H33N3O4S. The van der Waals surface area contributed by atoms with Crippen LogP contribution in [0.5, 0.6) is 23.0 Å². The lowest BCUT2D eigenvalue weighted by atomic mass is 10.1. The summed E-state index contributed by atoms with van der Waals surface area (Å²) in [4.78, 5) is 5.45. The van der Waals surface area contributed by atoms with E-state index in [1.165, 1.54) is 11.3 Å². The number of thiazole rings is 1. The van der Waals surface area contributed by atoms with E-state index in [0.717, 1.165) is 32.9 Å². The molecule has 0 aliphatic rings. The number of rotatable bonds is 11. The van der Waals surface area contributed by atoms with Crippen LogP contribution in [-0.2, 0) is 0 Å². The van der Waals surface area contributed by atoms with Gasteiger partial charge in [-0.15, -0.1) is 11.3 Å². The predicted octanol–water partition coefficient (Wildman–Crippen LogP) is 5.64. The van der Waals surface area contributed by atoms with Gasteiger partial charge in [0.05, 0.1) is 46.4 Å². The minimum absolute atomic E-state index is 0.421. The SMILES string of the molecule is C=C(C)CN=c1scc(-c2cc(OC)ccc2OC)n1N=Cc1ccc(OCC(C)C)c(OC)c1. The number of ether oxygens (including phenoxy) is 4. The molecule has 186 valence electrons. The largest absolute Gasteiger partial charge is 0.497 e. The van der Waals surface area contributed by atoms with Crippen molar-refractivity contribution in [3.8, 4) is 34.3 Å². The Morgan fingerprint density at radius 2 is 1.77 bits per heavy atom. The molecule has 0 aliphatic carbocycles. The third kappa shape index (κ3) is 6.76. The first-order valence-electron chi connectivity index (χ1n) is 11.3. The first-order chi connectivity index (χ1) is 16.9. The topological polar surface area (TPSA) is 66.6 Å². The molecule has 1 aromatic heterocycles. The molecule has 0 spiro atoms. The second-order valence-electron chi connectivity index (χ2n) is 8.41. The minimum atomic E-state index is 0.421. The van der Waals surface area contributed by atoms with Gasteiger partial charge in [0.25, 0.3) is 0 Å². The van der Waals surface area contributed by atoms with Crippen molar-refractivity contribution in [1.82, 2.24) is 4.68 Å². The van der Waals surface area contributed by atoms with Crippen molar-refractivity contribution in [2.45, 2.75) is 20.8 Å². The number of nitrogens with zero attached hydrogens (tertiary/aromatic N) is 3. The van der Waals surface area contributed by atoms with Crippen molar-refractivity contribution in [2.24, 2.45) is 16.0 Å². The summed E-state index contributed by atoms with van der Waals surface area (Å²) >= 11 is 1.50. The highest BCUT2D eigenvalue weighted by atomic mass is 32.1. The molecule has 0 saturated carbocycles. The van der Waals surface area contributed by atoms with Crippen LogP contribution in [0.4, 0.5) is 0 Å². The Hall–Kier alpha value is -3.52. The summed E-state index contributed by atoms with van der Waals surface area (Å²) in [5.74, 6) is 3.23. The first kappa shape index (κ1) is 26.1. The summed E-state index contributed by atoms with van der Waals surface area (Å²) in [7, 11) is 4.92. The van der Waals surface area contributed by atoms with E-state index in [1.54, 1.807) is 32.2 Å². The lowest BCUT2D eigenvalue weighted by Crippen LogP contribution is -2.13. The zero-order valence-corrected chi connectivity index (χ0v) is 22.0. The van der Waals surface area contributed by atoms with Crippen LogP contribution >= 0.6 is 11.3 Å². The molecule has 0 bridgehead atoms. The monoisotopic (exact) mass is 495 g/mol. The minimum Gasteiger partial charge on any atom is -0.497 e. The van der Waals surface area contributed by atoms with Gasteiger partial charge in [-0.25, -0.2) is 4.68 Å². The second kappa shape index (κ2) is 12.3. The van der Waals surface area contributed by atoms with Crippen LogP contribution < -0.4 is 23.7 Å². The fraction of sp³-hybridized carbons (Fsp3) is 0.333. The molecule has 3 aromatic rings. The smallest absolute Gasteiger partial charge is 0.206 e. The fourth-order valence-corrected chi connectivity index (χ4v) is 4.01. The van der Waals surface area contributed by atoms with Crippen LogP contribution in [0.3, 0.4) is 0 Å². The highest BCUT2D eigenvalue weighted by Gasteiger charge is 2.14. The molecule has 2 aromatic carbocycles. The van der Waals surface area contributed by atoms with Gasteiger partial charge in [0.15, 0.2) is 11.5 Å². The van der Waals surface area contributed by atoms with Gasteiger partial charge in [0.2, 0.25) is 4.80 Å². The van der Waals surface area contributed by atoms with Crippen LogP contribution in [0.15, 0.2) is 64.0 Å². The Morgan fingerprint density at radius 1 is 1.03 bits per heavy atom. The summed E-state index contributed by atoms with van der Waals surface area (Å²) in [5, 5.41) is 6.80. The van der Waals surface area contributed by atoms with Crippen molar-refractivity contribution in [2.75, 3.05) is 34.5 Å². The lowest BCUT2D eigenvalue weighted by Gasteiger charge is -2.13. The van der Waals surface area contributed by atoms with Crippen molar-refractivity contribution in [3.63, 3.8) is 0 Å². The second-order valence-corrected chi connectivity index (χ2v) is 9.25. The molecule has 0 atom stereocenters. The molecule has 0 unspecified atom stereocenters. The zero-order valence-electron chi connectivity index (χ0n) is 21.2. The van der Waals surface area contributed by atoms with Gasteiger partial charge in [-0.05, 0) is 54.8 Å². The van der Waals surface area contributed by atoms with Gasteiger partial charge in [0, 0.05) is 10.9 Å². The summed E-state index contributed by atoms with van der Waals surface area (Å²) in [6, 6.07) is 11.4. The third-order valence-electron chi connectivity index (χ3n) is 4.93. The number of hydrogen-bond donors (Lipinski definition) is 0. The molecule has 0 N–H and O–H groups in total. The Labute approximate surface area is 211 Å². The maximum Gasteiger partial charge on any atom is 0.206 e. The molecule has 1 heterocycles. The lowest BCUT2D eigenvalue weighted by molar-refractivity contribution is 0.257. The maximum absolute atomic E-state index is 5.87. The standard InChI is InChI=1S/C27H33N3O4S/c1-18(2)14-28-27-30(23(17-35-27)22-13-21(31-5)9-11-24(22)32-6)29-15-20-8-10-25(26(12-20)33-7)34-16-19(3)4/h8-13,15,17,19H,1,14,16H2,2-7H3. The summed E-state index contributed by atoms with van der Waals surface area (Å²) in [5.41, 5.74) is 3.53. The number of methoxy groups -OCH3 is 3. The Morgan fingerprint density at radius 3 is 2.43 bits per heavy atom. The van der Waals surface area contributed by atoms with Crippen LogP contribution in [0, 0.1) is 5.92 Å². The number of aromatic nitrogens is 1. The van der Waals surface area contributed by atoms with Crippen LogP contribution in [0.2, 0.25) is 0 Å². The molecule has 0 aliphatic heterocycles. The van der Waals surface area contributed by atoms with E-state index < -0.39 is 0 Å². The Bertz CT molecular complexity index is 1260. The average molecular weight is 496 g/mol. The third-order valence-corrected chi connectivity index (χ3v) is 5.79. The first-order valence-corrected chi connectivity index (χ1v) is 12.2. The van der Waals surface area contributed by atoms with E-state index >= 15 is 0 Å². The van der Waals surface area contributed by atoms with Gasteiger partial charge in [-0.1, -0.05) is 26.0 Å². The molecule has 0 saturated heterocycles. The van der Waals surface area contributed by atoms with Crippen molar-refractivity contribution in [1.29, 1.82) is 0 Å². The van der Waals surface area contributed by atoms with Crippen LogP contribution in [0.1, 0.15) is 26.3 Å². The van der Waals surface area contributed by atoms with Gasteiger partial charge in [-0.3, -0.25) is 4.99 Å². The molecule has 35 heavy (non-hydrogen) atoms. The zero-order chi connectivity index (χ0) is 25.4. The molecule has 3 rings (SSSR count). The van der Waals surface area contributed by atoms with Crippen molar-refractivity contribution >= 4 is 17.6 Å². The van der Waals surface area contributed by atoms with Crippen molar-refractivity contribution < 1.29 is 18.9 Å². The molecular weight excluding hydrogens is 462 g/mol. The van der Waals surface area contributed by atoms with E-state index in [-0.39, 0.29) is 0 Å². The molecule has 8 heteroatoms. The van der Waals surface area contributed by atoms with Crippen LogP contribution in [0.25, 0.3) is 11.3 Å². The number of benzene rings is 2. The van der Waals surface area contributed by atoms with Gasteiger partial charge in [-0.2, -0.15) is 5.10 Å². The summed E-state index contributed by atoms with van der Waals surface area (Å²) in [6.07, 6.45) is 1.78. The average Bonchev–Trinajstić information content (AvgIpc) is 3.27. The molecule has 0 fully saturated rings. The summed E-state index contributed by atoms with van der Waals surface area (Å²) in [6.45, 7) is 11.3. The van der Waals surface area contributed by atoms with E-state index in [0.29, 0.717) is 36.3 Å². The number of hydrogen-bond acceptors (Lipinski definition) is 7. The Balaban J connectivity index is 2.06. The van der Waals surface area contributed by atoms with Gasteiger partial charge in [0.1, 0.15) is 11.5 Å². The normalized spacial score (nSPS) is 11.8. The van der Waals surface area contributed by atoms with E-state index in [4.69, 9.17) is 29.0 Å². The fourth-order valence-electron chi connectivity index (χ4n) is 3.19. The molecule has 0 radical (unpaired) electrons. The highest BCUT2D eigenvalue weighted by Crippen LogP contribution is 2.34. The van der Waals surface area contributed by atoms with E-state index in [1.807, 2.05) is 48.7 Å². The van der Waals surface area contributed by atoms with E-state index in [9.17, 15) is 0 Å². The Kier molecular flexibility index (Phi) is 9.14. The molecule has 7 nitrogen and oxygen atoms in total. The summed E-state index contributed by atoms with van der Waals surface area (Å²) < 4.78 is 24.3. The van der Waals surface area contributed by atoms with Gasteiger partial charge < -0.3 is 18.9 Å². The van der Waals surface area contributed by atoms with Crippen molar-refractivity contribution in [3.05, 3.63) is 64.3 Å². The highest BCUT2D eigenvalue weighted by molar-refractivity contribution is 7.07. The quantitative estimate of drug-likeness (QED) is 0.255. The van der Waals surface area contributed by atoms with Crippen LogP contribution in [-0.4, -0.2) is 45.4 Å². The maximum atomic E-state index is 5.87.